The minimum atomic E-state index is -0.409. The van der Waals surface area contributed by atoms with Gasteiger partial charge in [-0.25, -0.2) is 0 Å². The van der Waals surface area contributed by atoms with E-state index in [1.807, 2.05) is 0 Å². The molecule has 0 atom stereocenters. The highest BCUT2D eigenvalue weighted by Crippen LogP contribution is 2.25. The first-order valence-electron chi connectivity index (χ1n) is 9.41. The van der Waals surface area contributed by atoms with E-state index in [0.29, 0.717) is 31.8 Å². The van der Waals surface area contributed by atoms with E-state index in [9.17, 15) is 14.4 Å². The predicted molar refractivity (Wildman–Crippen MR) is 125 cm³/mol. The van der Waals surface area contributed by atoms with E-state index in [1.54, 1.807) is 72.8 Å². The summed E-state index contributed by atoms with van der Waals surface area (Å²) >= 11 is 6.98. The van der Waals surface area contributed by atoms with Crippen molar-refractivity contribution in [2.24, 2.45) is 0 Å². The molecule has 0 radical (unpaired) electrons. The number of amides is 3. The number of benzene rings is 2. The van der Waals surface area contributed by atoms with Gasteiger partial charge in [0.25, 0.3) is 17.7 Å². The van der Waals surface area contributed by atoms with Crippen molar-refractivity contribution in [3.8, 4) is 0 Å². The molecule has 4 aromatic rings. The highest BCUT2D eigenvalue weighted by Gasteiger charge is 2.17. The van der Waals surface area contributed by atoms with Gasteiger partial charge in [-0.05, 0) is 60.7 Å². The van der Waals surface area contributed by atoms with Gasteiger partial charge in [0.2, 0.25) is 0 Å². The summed E-state index contributed by atoms with van der Waals surface area (Å²) in [5.74, 6) is -1.01. The summed E-state index contributed by atoms with van der Waals surface area (Å²) in [6.07, 6.45) is 1.41. The minimum absolute atomic E-state index is 0.171. The normalized spacial score (nSPS) is 10.4. The molecule has 2 heterocycles. The smallest absolute Gasteiger partial charge is 0.291 e. The van der Waals surface area contributed by atoms with E-state index >= 15 is 0 Å². The van der Waals surface area contributed by atoms with Crippen molar-refractivity contribution in [1.29, 1.82) is 0 Å². The summed E-state index contributed by atoms with van der Waals surface area (Å²) in [5.41, 5.74) is 1.24. The molecular formula is C23H16ClN3O4S. The Kier molecular flexibility index (Phi) is 6.34. The minimum Gasteiger partial charge on any atom is -0.459 e. The van der Waals surface area contributed by atoms with Gasteiger partial charge in [-0.3, -0.25) is 14.4 Å². The van der Waals surface area contributed by atoms with Gasteiger partial charge in [0, 0.05) is 10.7 Å². The average molecular weight is 466 g/mol. The van der Waals surface area contributed by atoms with Crippen LogP contribution in [0.1, 0.15) is 30.6 Å². The lowest BCUT2D eigenvalue weighted by atomic mass is 10.1. The second-order valence-electron chi connectivity index (χ2n) is 6.56. The number of thiophene rings is 1. The largest absolute Gasteiger partial charge is 0.459 e. The molecule has 0 fully saturated rings. The Labute approximate surface area is 192 Å². The third kappa shape index (κ3) is 5.05. The van der Waals surface area contributed by atoms with Crippen LogP contribution >= 0.6 is 22.9 Å². The van der Waals surface area contributed by atoms with Crippen LogP contribution < -0.4 is 16.0 Å². The summed E-state index contributed by atoms with van der Waals surface area (Å²) in [6, 6.07) is 19.8. The molecule has 2 aromatic carbocycles. The lowest BCUT2D eigenvalue weighted by molar-refractivity contribution is 0.0993. The van der Waals surface area contributed by atoms with Crippen molar-refractivity contribution in [2.45, 2.75) is 0 Å². The highest BCUT2D eigenvalue weighted by molar-refractivity contribution is 7.18. The van der Waals surface area contributed by atoms with Gasteiger partial charge in [0.15, 0.2) is 5.76 Å². The molecule has 0 aliphatic rings. The zero-order valence-corrected chi connectivity index (χ0v) is 18.0. The Morgan fingerprint density at radius 3 is 2.28 bits per heavy atom. The number of halogens is 1. The van der Waals surface area contributed by atoms with Gasteiger partial charge in [0.1, 0.15) is 0 Å². The zero-order chi connectivity index (χ0) is 22.5. The number of carbonyl (C=O) groups excluding carboxylic acids is 3. The third-order valence-corrected chi connectivity index (χ3v) is 5.58. The number of para-hydroxylation sites is 1. The molecule has 0 bridgehead atoms. The molecule has 7 nitrogen and oxygen atoms in total. The first-order valence-corrected chi connectivity index (χ1v) is 10.6. The Morgan fingerprint density at radius 1 is 0.750 bits per heavy atom. The van der Waals surface area contributed by atoms with E-state index in [4.69, 9.17) is 16.0 Å². The van der Waals surface area contributed by atoms with Crippen LogP contribution in [0.25, 0.3) is 0 Å². The maximum absolute atomic E-state index is 12.7. The first-order chi connectivity index (χ1) is 15.5. The molecule has 4 rings (SSSR count). The fourth-order valence-electron chi connectivity index (χ4n) is 2.81. The molecule has 3 N–H and O–H groups in total. The van der Waals surface area contributed by atoms with E-state index < -0.39 is 11.8 Å². The molecule has 0 aliphatic carbocycles. The van der Waals surface area contributed by atoms with Crippen LogP contribution in [0.3, 0.4) is 0 Å². The lowest BCUT2D eigenvalue weighted by Crippen LogP contribution is -2.17. The summed E-state index contributed by atoms with van der Waals surface area (Å²) in [4.78, 5) is 37.9. The van der Waals surface area contributed by atoms with E-state index in [1.165, 1.54) is 6.26 Å². The molecule has 9 heteroatoms. The molecule has 2 aromatic heterocycles. The van der Waals surface area contributed by atoms with Crippen LogP contribution in [-0.2, 0) is 0 Å². The number of hydrogen-bond donors (Lipinski definition) is 3. The molecule has 0 spiro atoms. The summed E-state index contributed by atoms with van der Waals surface area (Å²) in [5, 5.41) is 9.26. The highest BCUT2D eigenvalue weighted by atomic mass is 35.5. The first kappa shape index (κ1) is 21.4. The van der Waals surface area contributed by atoms with E-state index in [-0.39, 0.29) is 11.7 Å². The van der Waals surface area contributed by atoms with Crippen molar-refractivity contribution in [3.63, 3.8) is 0 Å². The van der Waals surface area contributed by atoms with Crippen molar-refractivity contribution in [2.75, 3.05) is 16.0 Å². The quantitative estimate of drug-likeness (QED) is 0.337. The molecule has 0 saturated heterocycles. The zero-order valence-electron chi connectivity index (χ0n) is 16.4. The van der Waals surface area contributed by atoms with E-state index in [0.717, 1.165) is 11.3 Å². The SMILES string of the molecule is O=C(Nc1ccc(C(=O)Nc2ccccc2C(=O)Nc2ccc(Cl)cc2)s1)c1ccco1. The Balaban J connectivity index is 1.45. The molecule has 0 saturated carbocycles. The van der Waals surface area contributed by atoms with Crippen LogP contribution in [0.5, 0.6) is 0 Å². The summed E-state index contributed by atoms with van der Waals surface area (Å²) in [6.45, 7) is 0. The van der Waals surface area contributed by atoms with Crippen molar-refractivity contribution in [3.05, 3.63) is 100 Å². The van der Waals surface area contributed by atoms with Gasteiger partial charge in [-0.15, -0.1) is 11.3 Å². The van der Waals surface area contributed by atoms with Crippen molar-refractivity contribution >= 4 is 57.0 Å². The maximum atomic E-state index is 12.7. The maximum Gasteiger partial charge on any atom is 0.291 e. The topological polar surface area (TPSA) is 100 Å². The molecular weight excluding hydrogens is 450 g/mol. The van der Waals surface area contributed by atoms with Crippen LogP contribution in [0.2, 0.25) is 5.02 Å². The number of anilines is 3. The molecule has 32 heavy (non-hydrogen) atoms. The Hall–Kier alpha value is -3.88. The van der Waals surface area contributed by atoms with Crippen LogP contribution in [0, 0.1) is 0 Å². The fourth-order valence-corrected chi connectivity index (χ4v) is 3.74. The van der Waals surface area contributed by atoms with E-state index in [2.05, 4.69) is 16.0 Å². The second kappa shape index (κ2) is 9.51. The Bertz CT molecular complexity index is 1270. The average Bonchev–Trinajstić information content (AvgIpc) is 3.48. The molecule has 0 unspecified atom stereocenters. The summed E-state index contributed by atoms with van der Waals surface area (Å²) < 4.78 is 5.05. The van der Waals surface area contributed by atoms with Crippen molar-refractivity contribution < 1.29 is 18.8 Å². The molecule has 3 amide bonds. The van der Waals surface area contributed by atoms with Gasteiger partial charge in [-0.2, -0.15) is 0 Å². The predicted octanol–water partition coefficient (Wildman–Crippen LogP) is 5.75. The van der Waals surface area contributed by atoms with Gasteiger partial charge >= 0.3 is 0 Å². The number of hydrogen-bond acceptors (Lipinski definition) is 5. The van der Waals surface area contributed by atoms with Gasteiger partial charge in [0.05, 0.1) is 27.4 Å². The summed E-state index contributed by atoms with van der Waals surface area (Å²) in [7, 11) is 0. The third-order valence-electron chi connectivity index (χ3n) is 4.33. The number of carbonyl (C=O) groups is 3. The fraction of sp³-hybridized carbons (Fsp3) is 0. The molecule has 0 aliphatic heterocycles. The van der Waals surface area contributed by atoms with Crippen LogP contribution in [0.15, 0.2) is 83.5 Å². The van der Waals surface area contributed by atoms with Gasteiger partial charge in [-0.1, -0.05) is 23.7 Å². The van der Waals surface area contributed by atoms with Crippen molar-refractivity contribution in [1.82, 2.24) is 0 Å². The van der Waals surface area contributed by atoms with Crippen LogP contribution in [-0.4, -0.2) is 17.7 Å². The number of rotatable bonds is 6. The second-order valence-corrected chi connectivity index (χ2v) is 8.08. The lowest BCUT2D eigenvalue weighted by Gasteiger charge is -2.11. The van der Waals surface area contributed by atoms with Crippen LogP contribution in [0.4, 0.5) is 16.4 Å². The number of furan rings is 1. The number of nitrogens with one attached hydrogen (secondary N) is 3. The van der Waals surface area contributed by atoms with Gasteiger partial charge < -0.3 is 20.4 Å². The Morgan fingerprint density at radius 2 is 1.53 bits per heavy atom. The monoisotopic (exact) mass is 465 g/mol. The molecule has 160 valence electrons. The standard InChI is InChI=1S/C23H16ClN3O4S/c24-14-7-9-15(10-8-14)25-21(28)16-4-1-2-5-17(16)26-23(30)19-11-12-20(32-19)27-22(29)18-6-3-13-31-18/h1-13H,(H,25,28)(H,26,30)(H,27,29).